The third-order valence-electron chi connectivity index (χ3n) is 6.02. The fourth-order valence-corrected chi connectivity index (χ4v) is 4.68. The molecule has 4 rings (SSSR count). The van der Waals surface area contributed by atoms with Gasteiger partial charge in [-0.05, 0) is 49.6 Å². The van der Waals surface area contributed by atoms with E-state index in [4.69, 9.17) is 32.9 Å². The summed E-state index contributed by atoms with van der Waals surface area (Å²) >= 11 is 12.3. The van der Waals surface area contributed by atoms with E-state index < -0.39 is 0 Å². The average molecular weight is 488 g/mol. The van der Waals surface area contributed by atoms with Gasteiger partial charge in [-0.3, -0.25) is 9.59 Å². The number of ether oxygens (including phenoxy) is 1. The molecule has 8 heteroatoms. The Bertz CT molecular complexity index is 1160. The molecule has 2 heterocycles. The highest BCUT2D eigenvalue weighted by atomic mass is 35.5. The van der Waals surface area contributed by atoms with Gasteiger partial charge in [0.15, 0.2) is 0 Å². The van der Waals surface area contributed by atoms with Crippen molar-refractivity contribution < 1.29 is 14.3 Å². The van der Waals surface area contributed by atoms with Crippen molar-refractivity contribution in [2.24, 2.45) is 5.92 Å². The maximum Gasteiger partial charge on any atom is 0.310 e. The molecule has 1 aliphatic heterocycles. The molecular formula is C25H27Cl2N3O3. The van der Waals surface area contributed by atoms with Crippen LogP contribution in [0.4, 0.5) is 0 Å². The topological polar surface area (TPSA) is 64.4 Å². The number of nitrogens with zero attached hydrogens (tertiary/aromatic N) is 3. The van der Waals surface area contributed by atoms with E-state index in [0.29, 0.717) is 49.1 Å². The molecule has 1 atom stereocenters. The number of esters is 1. The first-order chi connectivity index (χ1) is 16.0. The van der Waals surface area contributed by atoms with E-state index in [1.807, 2.05) is 36.4 Å². The summed E-state index contributed by atoms with van der Waals surface area (Å²) in [5, 5.41) is 1.02. The Balaban J connectivity index is 1.49. The summed E-state index contributed by atoms with van der Waals surface area (Å²) < 4.78 is 7.26. The average Bonchev–Trinajstić information content (AvgIpc) is 3.17. The van der Waals surface area contributed by atoms with Gasteiger partial charge in [-0.1, -0.05) is 41.4 Å². The normalized spacial score (nSPS) is 16.2. The van der Waals surface area contributed by atoms with Crippen LogP contribution < -0.4 is 0 Å². The number of piperidine rings is 1. The van der Waals surface area contributed by atoms with Gasteiger partial charge in [-0.2, -0.15) is 0 Å². The lowest BCUT2D eigenvalue weighted by atomic mass is 9.98. The number of aryl methyl sites for hydroxylation is 1. The zero-order valence-electron chi connectivity index (χ0n) is 18.6. The van der Waals surface area contributed by atoms with Crippen molar-refractivity contribution in [3.8, 4) is 0 Å². The highest BCUT2D eigenvalue weighted by Gasteiger charge is 2.29. The molecule has 0 saturated carbocycles. The van der Waals surface area contributed by atoms with Crippen LogP contribution in [-0.2, 0) is 27.3 Å². The molecular weight excluding hydrogens is 461 g/mol. The molecule has 3 aromatic rings. The number of benzene rings is 2. The van der Waals surface area contributed by atoms with Gasteiger partial charge >= 0.3 is 5.97 Å². The Morgan fingerprint density at radius 1 is 1.15 bits per heavy atom. The van der Waals surface area contributed by atoms with Crippen molar-refractivity contribution in [1.82, 2.24) is 14.5 Å². The number of halogens is 2. The maximum atomic E-state index is 13.0. The van der Waals surface area contributed by atoms with Crippen LogP contribution in [0.1, 0.15) is 37.6 Å². The number of likely N-dealkylation sites (tertiary alicyclic amines) is 1. The smallest absolute Gasteiger partial charge is 0.310 e. The Morgan fingerprint density at radius 2 is 1.97 bits per heavy atom. The first-order valence-electron chi connectivity index (χ1n) is 11.3. The largest absolute Gasteiger partial charge is 0.466 e. The van der Waals surface area contributed by atoms with Gasteiger partial charge in [0, 0.05) is 32.5 Å². The molecule has 1 aliphatic rings. The zero-order chi connectivity index (χ0) is 23.4. The second kappa shape index (κ2) is 10.6. The van der Waals surface area contributed by atoms with Crippen LogP contribution in [0.5, 0.6) is 0 Å². The lowest BCUT2D eigenvalue weighted by molar-refractivity contribution is -0.151. The van der Waals surface area contributed by atoms with E-state index in [-0.39, 0.29) is 17.8 Å². The molecule has 1 fully saturated rings. The van der Waals surface area contributed by atoms with Crippen LogP contribution in [-0.4, -0.2) is 46.0 Å². The number of amides is 1. The fraction of sp³-hybridized carbons (Fsp3) is 0.400. The Labute approximate surface area is 203 Å². The van der Waals surface area contributed by atoms with Gasteiger partial charge in [0.2, 0.25) is 5.91 Å². The van der Waals surface area contributed by atoms with E-state index in [0.717, 1.165) is 35.3 Å². The third kappa shape index (κ3) is 5.50. The zero-order valence-corrected chi connectivity index (χ0v) is 20.1. The number of imidazole rings is 1. The van der Waals surface area contributed by atoms with E-state index >= 15 is 0 Å². The summed E-state index contributed by atoms with van der Waals surface area (Å²) in [5.41, 5.74) is 2.88. The van der Waals surface area contributed by atoms with E-state index in [2.05, 4.69) is 4.57 Å². The Kier molecular flexibility index (Phi) is 7.56. The van der Waals surface area contributed by atoms with Crippen LogP contribution in [0.15, 0.2) is 42.5 Å². The second-order valence-corrected chi connectivity index (χ2v) is 9.09. The molecule has 2 aromatic carbocycles. The molecule has 174 valence electrons. The summed E-state index contributed by atoms with van der Waals surface area (Å²) in [5.74, 6) is 0.467. The first-order valence-corrected chi connectivity index (χ1v) is 12.0. The van der Waals surface area contributed by atoms with E-state index in [9.17, 15) is 9.59 Å². The molecule has 1 aromatic heterocycles. The first kappa shape index (κ1) is 23.6. The van der Waals surface area contributed by atoms with Gasteiger partial charge < -0.3 is 14.2 Å². The minimum atomic E-state index is -0.234. The Hall–Kier alpha value is -2.57. The van der Waals surface area contributed by atoms with Crippen molar-refractivity contribution in [2.75, 3.05) is 19.7 Å². The SMILES string of the molecule is CCOC(=O)C1CCCN(C(=O)CCn2c(Cc3ccc(Cl)c(Cl)c3)nc3ccccc32)C1. The quantitative estimate of drug-likeness (QED) is 0.433. The molecule has 6 nitrogen and oxygen atoms in total. The molecule has 0 bridgehead atoms. The Morgan fingerprint density at radius 3 is 2.76 bits per heavy atom. The minimum Gasteiger partial charge on any atom is -0.466 e. The molecule has 33 heavy (non-hydrogen) atoms. The molecule has 0 N–H and O–H groups in total. The van der Waals surface area contributed by atoms with Crippen LogP contribution in [0, 0.1) is 5.92 Å². The number of carbonyl (C=O) groups excluding carboxylic acids is 2. The van der Waals surface area contributed by atoms with Crippen molar-refractivity contribution in [2.45, 2.75) is 39.2 Å². The third-order valence-corrected chi connectivity index (χ3v) is 6.76. The monoisotopic (exact) mass is 487 g/mol. The maximum absolute atomic E-state index is 13.0. The number of rotatable bonds is 7. The van der Waals surface area contributed by atoms with E-state index in [1.165, 1.54) is 0 Å². The number of carbonyl (C=O) groups is 2. The number of hydrogen-bond acceptors (Lipinski definition) is 4. The van der Waals surface area contributed by atoms with E-state index in [1.54, 1.807) is 17.9 Å². The van der Waals surface area contributed by atoms with Crippen LogP contribution in [0.2, 0.25) is 10.0 Å². The molecule has 1 unspecified atom stereocenters. The van der Waals surface area contributed by atoms with Gasteiger partial charge in [0.25, 0.3) is 0 Å². The molecule has 0 spiro atoms. The second-order valence-electron chi connectivity index (χ2n) is 8.27. The van der Waals surface area contributed by atoms with Gasteiger partial charge in [-0.15, -0.1) is 0 Å². The highest BCUT2D eigenvalue weighted by molar-refractivity contribution is 6.42. The van der Waals surface area contributed by atoms with Crippen molar-refractivity contribution in [3.63, 3.8) is 0 Å². The predicted octanol–water partition coefficient (Wildman–Crippen LogP) is 5.13. The van der Waals surface area contributed by atoms with Gasteiger partial charge in [0.1, 0.15) is 5.82 Å². The highest BCUT2D eigenvalue weighted by Crippen LogP contribution is 2.25. The van der Waals surface area contributed by atoms with Gasteiger partial charge in [-0.25, -0.2) is 4.98 Å². The number of para-hydroxylation sites is 2. The summed E-state index contributed by atoms with van der Waals surface area (Å²) in [6, 6.07) is 13.5. The summed E-state index contributed by atoms with van der Waals surface area (Å²) in [7, 11) is 0. The molecule has 1 saturated heterocycles. The summed E-state index contributed by atoms with van der Waals surface area (Å²) in [6.45, 7) is 3.78. The standard InChI is InChI=1S/C25H27Cl2N3O3/c1-2-33-25(32)18-6-5-12-29(16-18)24(31)11-13-30-22-8-4-3-7-21(22)28-23(30)15-17-9-10-19(26)20(27)14-17/h3-4,7-10,14,18H,2,5-6,11-13,15-16H2,1H3. The van der Waals surface area contributed by atoms with Gasteiger partial charge in [0.05, 0.1) is 33.6 Å². The molecule has 0 aliphatic carbocycles. The molecule has 0 radical (unpaired) electrons. The van der Waals surface area contributed by atoms with Crippen molar-refractivity contribution in [1.29, 1.82) is 0 Å². The number of fused-ring (bicyclic) bond motifs is 1. The van der Waals surface area contributed by atoms with Crippen LogP contribution in [0.25, 0.3) is 11.0 Å². The number of hydrogen-bond donors (Lipinski definition) is 0. The minimum absolute atomic E-state index is 0.0438. The molecule has 1 amide bonds. The van der Waals surface area contributed by atoms with Crippen LogP contribution >= 0.6 is 23.2 Å². The van der Waals surface area contributed by atoms with Crippen LogP contribution in [0.3, 0.4) is 0 Å². The number of aromatic nitrogens is 2. The fourth-order valence-electron chi connectivity index (χ4n) is 4.36. The summed E-state index contributed by atoms with van der Waals surface area (Å²) in [4.78, 5) is 31.7. The lowest BCUT2D eigenvalue weighted by Gasteiger charge is -2.31. The summed E-state index contributed by atoms with van der Waals surface area (Å²) in [6.07, 6.45) is 2.49. The van der Waals surface area contributed by atoms with Crippen molar-refractivity contribution >= 4 is 46.1 Å². The van der Waals surface area contributed by atoms with Crippen molar-refractivity contribution in [3.05, 3.63) is 63.9 Å². The predicted molar refractivity (Wildman–Crippen MR) is 130 cm³/mol. The lowest BCUT2D eigenvalue weighted by Crippen LogP contribution is -2.43.